The molecule has 6 aromatic carbocycles. The van der Waals surface area contributed by atoms with Crippen LogP contribution < -0.4 is 30.0 Å². The Morgan fingerprint density at radius 3 is 1.31 bits per heavy atom. The van der Waals surface area contributed by atoms with Gasteiger partial charge in [0.2, 0.25) is 12.3 Å². The molecule has 0 radical (unpaired) electrons. The Balaban J connectivity index is 1.03. The van der Waals surface area contributed by atoms with Crippen molar-refractivity contribution in [2.75, 3.05) is 31.7 Å². The smallest absolute Gasteiger partial charge is 0.343 e. The topological polar surface area (TPSA) is 286 Å². The minimum absolute atomic E-state index is 0.0602. The highest BCUT2D eigenvalue weighted by Crippen LogP contribution is 2.37. The quantitative estimate of drug-likeness (QED) is 0.00763. The SMILES string of the molecule is C=CC(=O)OCCCCCCOc1ccc(C(=O)Oc2ccc(N=Nc3ccc(-c4ccc(N=Nc5ccc(OC(=O)c6ccc(OCCCCCCOC(=O)C=C)cc6)c(CO)c5)cc4C(N)=O)c(NC=O)c3)cc2CO)cc1. The van der Waals surface area contributed by atoms with E-state index in [1.807, 2.05) is 0 Å². The zero-order valence-corrected chi connectivity index (χ0v) is 43.8. The number of azo groups is 2. The van der Waals surface area contributed by atoms with Crippen LogP contribution >= 0.6 is 0 Å². The lowest BCUT2D eigenvalue weighted by molar-refractivity contribution is -0.138. The Morgan fingerprint density at radius 1 is 0.500 bits per heavy atom. The number of hydrogen-bond acceptors (Lipinski definition) is 18. The van der Waals surface area contributed by atoms with E-state index in [-0.39, 0.29) is 50.7 Å². The number of rotatable bonds is 32. The molecule has 0 unspecified atom stereocenters. The second kappa shape index (κ2) is 31.5. The predicted octanol–water partition coefficient (Wildman–Crippen LogP) is 11.6. The Kier molecular flexibility index (Phi) is 23.5. The molecule has 0 saturated carbocycles. The molecule has 0 aliphatic carbocycles. The predicted molar refractivity (Wildman–Crippen MR) is 296 cm³/mol. The second-order valence-corrected chi connectivity index (χ2v) is 17.5. The molecule has 0 aliphatic heterocycles. The van der Waals surface area contributed by atoms with Gasteiger partial charge in [-0.25, -0.2) is 19.2 Å². The Morgan fingerprint density at radius 2 is 0.900 bits per heavy atom. The van der Waals surface area contributed by atoms with Crippen molar-refractivity contribution in [2.45, 2.75) is 64.6 Å². The number of nitrogens with two attached hydrogens (primary N) is 1. The van der Waals surface area contributed by atoms with Crippen LogP contribution in [0.1, 0.15) is 93.6 Å². The zero-order chi connectivity index (χ0) is 57.1. The van der Waals surface area contributed by atoms with E-state index in [9.17, 15) is 39.0 Å². The summed E-state index contributed by atoms with van der Waals surface area (Å²) in [5.41, 5.74) is 9.21. The van der Waals surface area contributed by atoms with Gasteiger partial charge in [-0.3, -0.25) is 9.59 Å². The van der Waals surface area contributed by atoms with Crippen LogP contribution in [0.4, 0.5) is 28.4 Å². The lowest BCUT2D eigenvalue weighted by Crippen LogP contribution is -2.12. The molecule has 0 bridgehead atoms. The van der Waals surface area contributed by atoms with Crippen LogP contribution in [0.3, 0.4) is 0 Å². The van der Waals surface area contributed by atoms with Crippen molar-refractivity contribution in [1.29, 1.82) is 0 Å². The molecule has 5 N–H and O–H groups in total. The standard InChI is InChI=1S/C60H60N6O14/c1-3-56(70)77-31-11-7-5-9-29-75-48-21-13-40(14-22-48)59(73)79-54-27-19-44(33-42(54)37-67)63-65-46-17-25-50(52(35-46)58(61)72)51-26-18-47(36-53(51)62-39-69)66-64-45-20-28-55(43(34-45)38-68)80-60(74)41-15-23-49(24-16-41)76-30-10-6-8-12-32-78-57(71)4-2/h3-4,13-28,33-36,39,67-68H,1-2,5-12,29-32,37-38H2,(H2,61,72)(H,62,69). The summed E-state index contributed by atoms with van der Waals surface area (Å²) < 4.78 is 32.7. The van der Waals surface area contributed by atoms with Crippen LogP contribution in [-0.4, -0.2) is 72.8 Å². The van der Waals surface area contributed by atoms with Crippen LogP contribution in [0.15, 0.2) is 167 Å². The fraction of sp³-hybridized carbons (Fsp3) is 0.233. The lowest BCUT2D eigenvalue weighted by Gasteiger charge is -2.13. The fourth-order valence-electron chi connectivity index (χ4n) is 7.63. The molecular formula is C60H60N6O14. The van der Waals surface area contributed by atoms with Gasteiger partial charge in [0.05, 0.1) is 79.2 Å². The average Bonchev–Trinajstić information content (AvgIpc) is 3.48. The molecule has 0 heterocycles. The van der Waals surface area contributed by atoms with Crippen molar-refractivity contribution in [3.05, 3.63) is 174 Å². The van der Waals surface area contributed by atoms with Gasteiger partial charge in [0.25, 0.3) is 0 Å². The molecule has 0 fully saturated rings. The number of ether oxygens (including phenoxy) is 6. The van der Waals surface area contributed by atoms with Crippen molar-refractivity contribution < 1.29 is 67.4 Å². The van der Waals surface area contributed by atoms with Gasteiger partial charge in [-0.2, -0.15) is 20.5 Å². The maximum atomic E-state index is 13.0. The van der Waals surface area contributed by atoms with Gasteiger partial charge in [0, 0.05) is 34.4 Å². The van der Waals surface area contributed by atoms with Crippen molar-refractivity contribution in [3.63, 3.8) is 0 Å². The van der Waals surface area contributed by atoms with Gasteiger partial charge in [0.15, 0.2) is 0 Å². The third-order valence-electron chi connectivity index (χ3n) is 11.8. The van der Waals surface area contributed by atoms with Crippen LogP contribution in [0.25, 0.3) is 11.1 Å². The highest BCUT2D eigenvalue weighted by molar-refractivity contribution is 6.03. The first-order valence-electron chi connectivity index (χ1n) is 25.5. The number of nitrogens with zero attached hydrogens (tertiary/aromatic N) is 4. The number of nitrogens with one attached hydrogen (secondary N) is 1. The van der Waals surface area contributed by atoms with E-state index in [1.54, 1.807) is 78.9 Å². The summed E-state index contributed by atoms with van der Waals surface area (Å²) >= 11 is 0. The molecule has 2 amide bonds. The molecule has 0 aromatic heterocycles. The number of unbranched alkanes of at least 4 members (excludes halogenated alkanes) is 6. The van der Waals surface area contributed by atoms with Gasteiger partial charge >= 0.3 is 23.9 Å². The lowest BCUT2D eigenvalue weighted by atomic mass is 9.96. The molecule has 0 atom stereocenters. The number of esters is 4. The molecule has 0 spiro atoms. The molecule has 0 saturated heterocycles. The summed E-state index contributed by atoms with van der Waals surface area (Å²) in [6, 6.07) is 31.4. The average molecular weight is 1090 g/mol. The molecule has 20 heteroatoms. The number of carbonyl (C=O) groups excluding carboxylic acids is 6. The van der Waals surface area contributed by atoms with E-state index in [4.69, 9.17) is 34.2 Å². The third-order valence-corrected chi connectivity index (χ3v) is 11.8. The minimum atomic E-state index is -0.790. The normalized spacial score (nSPS) is 10.9. The molecule has 80 heavy (non-hydrogen) atoms. The Hall–Kier alpha value is -9.66. The highest BCUT2D eigenvalue weighted by atomic mass is 16.5. The molecule has 0 aliphatic rings. The number of primary amides is 1. The number of amides is 2. The molecule has 20 nitrogen and oxygen atoms in total. The maximum absolute atomic E-state index is 13.0. The minimum Gasteiger partial charge on any atom is -0.494 e. The second-order valence-electron chi connectivity index (χ2n) is 17.5. The first-order chi connectivity index (χ1) is 38.9. The van der Waals surface area contributed by atoms with Gasteiger partial charge in [-0.1, -0.05) is 25.3 Å². The fourth-order valence-corrected chi connectivity index (χ4v) is 7.63. The summed E-state index contributed by atoms with van der Waals surface area (Å²) in [4.78, 5) is 72.9. The largest absolute Gasteiger partial charge is 0.494 e. The summed E-state index contributed by atoms with van der Waals surface area (Å²) in [5.74, 6) is -1.56. The Bertz CT molecular complexity index is 3200. The molecule has 414 valence electrons. The summed E-state index contributed by atoms with van der Waals surface area (Å²) in [5, 5.41) is 40.0. The van der Waals surface area contributed by atoms with Crippen molar-refractivity contribution in [3.8, 4) is 34.1 Å². The van der Waals surface area contributed by atoms with E-state index >= 15 is 0 Å². The van der Waals surface area contributed by atoms with E-state index in [0.717, 1.165) is 63.5 Å². The highest BCUT2D eigenvalue weighted by Gasteiger charge is 2.18. The summed E-state index contributed by atoms with van der Waals surface area (Å²) in [6.45, 7) is 7.43. The number of aliphatic hydroxyl groups excluding tert-OH is 2. The summed E-state index contributed by atoms with van der Waals surface area (Å²) in [6.07, 6.45) is 9.39. The molecule has 6 aromatic rings. The Labute approximate surface area is 461 Å². The van der Waals surface area contributed by atoms with Gasteiger partial charge in [0.1, 0.15) is 23.0 Å². The number of hydrogen-bond donors (Lipinski definition) is 4. The van der Waals surface area contributed by atoms with E-state index in [0.29, 0.717) is 72.5 Å². The number of benzene rings is 6. The van der Waals surface area contributed by atoms with Gasteiger partial charge < -0.3 is 49.7 Å². The third kappa shape index (κ3) is 18.5. The monoisotopic (exact) mass is 1090 g/mol. The van der Waals surface area contributed by atoms with E-state index < -0.39 is 43.0 Å². The van der Waals surface area contributed by atoms with E-state index in [2.05, 4.69) is 38.9 Å². The van der Waals surface area contributed by atoms with Crippen LogP contribution in [0.5, 0.6) is 23.0 Å². The van der Waals surface area contributed by atoms with Gasteiger partial charge in [-0.15, -0.1) is 0 Å². The summed E-state index contributed by atoms with van der Waals surface area (Å²) in [7, 11) is 0. The maximum Gasteiger partial charge on any atom is 0.343 e. The number of aliphatic hydroxyl groups is 2. The van der Waals surface area contributed by atoms with Crippen LogP contribution in [0.2, 0.25) is 0 Å². The van der Waals surface area contributed by atoms with Crippen LogP contribution in [0, 0.1) is 0 Å². The van der Waals surface area contributed by atoms with Crippen molar-refractivity contribution >= 4 is 64.6 Å². The zero-order valence-electron chi connectivity index (χ0n) is 43.8. The number of carbonyl (C=O) groups is 6. The number of anilines is 1. The molecule has 6 rings (SSSR count). The first kappa shape index (κ1) is 59.6. The molecular weight excluding hydrogens is 1030 g/mol. The van der Waals surface area contributed by atoms with Crippen LogP contribution in [-0.2, 0) is 37.1 Å². The van der Waals surface area contributed by atoms with Gasteiger partial charge in [-0.05, 0) is 166 Å². The van der Waals surface area contributed by atoms with E-state index in [1.165, 1.54) is 42.5 Å². The van der Waals surface area contributed by atoms with Crippen molar-refractivity contribution in [1.82, 2.24) is 0 Å². The first-order valence-corrected chi connectivity index (χ1v) is 25.5. The van der Waals surface area contributed by atoms with Crippen molar-refractivity contribution in [2.24, 2.45) is 26.2 Å².